The van der Waals surface area contributed by atoms with Crippen LogP contribution < -0.4 is 0 Å². The van der Waals surface area contributed by atoms with Crippen LogP contribution in [0, 0.1) is 17.3 Å². The van der Waals surface area contributed by atoms with Crippen LogP contribution in [0.4, 0.5) is 0 Å². The number of fused-ring (bicyclic) bond motifs is 5. The average molecular weight is 150 g/mol. The summed E-state index contributed by atoms with van der Waals surface area (Å²) in [5.74, 6) is 1.60. The number of rotatable bonds is 1. The largest absolute Gasteiger partial charge is 0.369 e. The van der Waals surface area contributed by atoms with Gasteiger partial charge in [-0.15, -0.1) is 6.58 Å². The zero-order valence-electron chi connectivity index (χ0n) is 6.92. The molecule has 0 spiro atoms. The predicted octanol–water partition coefficient (Wildman–Crippen LogP) is 1.99. The van der Waals surface area contributed by atoms with Crippen molar-refractivity contribution < 1.29 is 4.74 Å². The highest BCUT2D eigenvalue weighted by Gasteiger charge is 2.68. The van der Waals surface area contributed by atoms with Crippen LogP contribution >= 0.6 is 0 Å². The van der Waals surface area contributed by atoms with Crippen molar-refractivity contribution in [3.05, 3.63) is 12.7 Å². The van der Waals surface area contributed by atoms with Gasteiger partial charge in [0.05, 0.1) is 12.2 Å². The van der Waals surface area contributed by atoms with Crippen molar-refractivity contribution in [2.24, 2.45) is 17.3 Å². The average Bonchev–Trinajstić information content (AvgIpc) is 2.67. The van der Waals surface area contributed by atoms with E-state index < -0.39 is 0 Å². The van der Waals surface area contributed by atoms with Crippen molar-refractivity contribution in [2.75, 3.05) is 0 Å². The Morgan fingerprint density at radius 2 is 2.45 bits per heavy atom. The molecule has 0 aromatic rings. The summed E-state index contributed by atoms with van der Waals surface area (Å²) in [6.07, 6.45) is 6.11. The first-order valence-corrected chi connectivity index (χ1v) is 4.54. The number of ether oxygens (including phenoxy) is 1. The van der Waals surface area contributed by atoms with E-state index >= 15 is 0 Å². The molecule has 0 aromatic heterocycles. The summed E-state index contributed by atoms with van der Waals surface area (Å²) >= 11 is 0. The first kappa shape index (κ1) is 6.24. The summed E-state index contributed by atoms with van der Waals surface area (Å²) in [6.45, 7) is 6.28. The standard InChI is InChI=1S/C10H14O/c1-3-7-4-6-5-10(7,2)9-8(6)11-9/h3,6-9H,1,4-5H2,2H3. The molecule has 60 valence electrons. The zero-order valence-corrected chi connectivity index (χ0v) is 6.92. The molecule has 3 aliphatic rings. The molecule has 1 nitrogen and oxygen atoms in total. The fraction of sp³-hybridized carbons (Fsp3) is 0.800. The van der Waals surface area contributed by atoms with E-state index in [4.69, 9.17) is 4.74 Å². The lowest BCUT2D eigenvalue weighted by atomic mass is 9.76. The van der Waals surface area contributed by atoms with Crippen molar-refractivity contribution in [3.63, 3.8) is 0 Å². The normalized spacial score (nSPS) is 64.5. The van der Waals surface area contributed by atoms with Gasteiger partial charge in [0.2, 0.25) is 0 Å². The number of allylic oxidation sites excluding steroid dienone is 1. The predicted molar refractivity (Wildman–Crippen MR) is 43.2 cm³/mol. The minimum absolute atomic E-state index is 0.469. The number of hydrogen-bond donors (Lipinski definition) is 0. The summed E-state index contributed by atoms with van der Waals surface area (Å²) in [4.78, 5) is 0. The zero-order chi connectivity index (χ0) is 7.64. The van der Waals surface area contributed by atoms with Gasteiger partial charge in [0, 0.05) is 5.41 Å². The summed E-state index contributed by atoms with van der Waals surface area (Å²) < 4.78 is 5.63. The van der Waals surface area contributed by atoms with E-state index in [1.165, 1.54) is 12.8 Å². The lowest BCUT2D eigenvalue weighted by Gasteiger charge is -2.26. The summed E-state index contributed by atoms with van der Waals surface area (Å²) in [5.41, 5.74) is 0.469. The van der Waals surface area contributed by atoms with Crippen molar-refractivity contribution in [1.82, 2.24) is 0 Å². The van der Waals surface area contributed by atoms with Gasteiger partial charge in [-0.2, -0.15) is 0 Å². The molecule has 0 N–H and O–H groups in total. The third-order valence-corrected chi connectivity index (χ3v) is 4.03. The van der Waals surface area contributed by atoms with Gasteiger partial charge in [-0.25, -0.2) is 0 Å². The summed E-state index contributed by atoms with van der Waals surface area (Å²) in [7, 11) is 0. The van der Waals surface area contributed by atoms with Gasteiger partial charge >= 0.3 is 0 Å². The van der Waals surface area contributed by atoms with E-state index in [9.17, 15) is 0 Å². The Hall–Kier alpha value is -0.300. The fourth-order valence-corrected chi connectivity index (χ4v) is 3.35. The van der Waals surface area contributed by atoms with Crippen molar-refractivity contribution in [2.45, 2.75) is 32.0 Å². The first-order valence-electron chi connectivity index (χ1n) is 4.54. The van der Waals surface area contributed by atoms with E-state index in [2.05, 4.69) is 19.6 Å². The monoisotopic (exact) mass is 150 g/mol. The third-order valence-electron chi connectivity index (χ3n) is 4.03. The van der Waals surface area contributed by atoms with Gasteiger partial charge < -0.3 is 4.74 Å². The molecule has 0 amide bonds. The molecule has 1 heteroatoms. The Kier molecular flexibility index (Phi) is 0.885. The Morgan fingerprint density at radius 3 is 3.00 bits per heavy atom. The molecule has 2 saturated carbocycles. The minimum Gasteiger partial charge on any atom is -0.369 e. The second-order valence-corrected chi connectivity index (χ2v) is 4.57. The van der Waals surface area contributed by atoms with Crippen LogP contribution in [0.3, 0.4) is 0 Å². The van der Waals surface area contributed by atoms with Crippen LogP contribution in [0.15, 0.2) is 12.7 Å². The lowest BCUT2D eigenvalue weighted by Crippen LogP contribution is -2.27. The van der Waals surface area contributed by atoms with E-state index in [1.807, 2.05) is 0 Å². The maximum absolute atomic E-state index is 5.63. The minimum atomic E-state index is 0.469. The molecule has 3 rings (SSSR count). The Bertz CT molecular complexity index is 221. The van der Waals surface area contributed by atoms with Gasteiger partial charge in [-0.1, -0.05) is 13.0 Å². The highest BCUT2D eigenvalue weighted by molar-refractivity contribution is 5.19. The van der Waals surface area contributed by atoms with Gasteiger partial charge in [-0.3, -0.25) is 0 Å². The molecule has 5 atom stereocenters. The second-order valence-electron chi connectivity index (χ2n) is 4.57. The molecule has 5 unspecified atom stereocenters. The van der Waals surface area contributed by atoms with Crippen LogP contribution in [0.5, 0.6) is 0 Å². The molecular weight excluding hydrogens is 136 g/mol. The van der Waals surface area contributed by atoms with Crippen molar-refractivity contribution >= 4 is 0 Å². The van der Waals surface area contributed by atoms with Gasteiger partial charge in [0.25, 0.3) is 0 Å². The van der Waals surface area contributed by atoms with E-state index in [1.54, 1.807) is 0 Å². The van der Waals surface area contributed by atoms with Crippen LogP contribution in [-0.2, 0) is 4.74 Å². The first-order chi connectivity index (χ1) is 5.25. The van der Waals surface area contributed by atoms with Crippen LogP contribution in [0.1, 0.15) is 19.8 Å². The number of hydrogen-bond acceptors (Lipinski definition) is 1. The third kappa shape index (κ3) is 0.538. The van der Waals surface area contributed by atoms with Crippen molar-refractivity contribution in [1.29, 1.82) is 0 Å². The second kappa shape index (κ2) is 1.56. The van der Waals surface area contributed by atoms with Gasteiger partial charge in [0.1, 0.15) is 0 Å². The molecular formula is C10H14O. The van der Waals surface area contributed by atoms with Crippen LogP contribution in [0.2, 0.25) is 0 Å². The van der Waals surface area contributed by atoms with Crippen molar-refractivity contribution in [3.8, 4) is 0 Å². The molecule has 2 aliphatic carbocycles. The quantitative estimate of drug-likeness (QED) is 0.411. The molecule has 1 heterocycles. The Morgan fingerprint density at radius 1 is 1.64 bits per heavy atom. The fourth-order valence-electron chi connectivity index (χ4n) is 3.35. The SMILES string of the molecule is C=CC1CC2CC1(C)C1OC21. The van der Waals surface area contributed by atoms with Gasteiger partial charge in [0.15, 0.2) is 0 Å². The molecule has 0 radical (unpaired) electrons. The molecule has 1 saturated heterocycles. The maximum Gasteiger partial charge on any atom is 0.0903 e. The lowest BCUT2D eigenvalue weighted by molar-refractivity contribution is 0.172. The topological polar surface area (TPSA) is 12.5 Å². The number of epoxide rings is 1. The molecule has 1 aliphatic heterocycles. The highest BCUT2D eigenvalue weighted by atomic mass is 16.6. The van der Waals surface area contributed by atoms with Crippen LogP contribution in [-0.4, -0.2) is 12.2 Å². The molecule has 11 heavy (non-hydrogen) atoms. The van der Waals surface area contributed by atoms with Gasteiger partial charge in [-0.05, 0) is 24.7 Å². The smallest absolute Gasteiger partial charge is 0.0903 e. The molecule has 2 bridgehead atoms. The Labute approximate surface area is 67.4 Å². The van der Waals surface area contributed by atoms with E-state index in [0.717, 1.165) is 11.8 Å². The summed E-state index contributed by atoms with van der Waals surface area (Å²) in [5, 5.41) is 0. The highest BCUT2D eigenvalue weighted by Crippen LogP contribution is 2.66. The molecule has 3 fully saturated rings. The van der Waals surface area contributed by atoms with E-state index in [-0.39, 0.29) is 0 Å². The maximum atomic E-state index is 5.63. The van der Waals surface area contributed by atoms with E-state index in [0.29, 0.717) is 17.6 Å². The summed E-state index contributed by atoms with van der Waals surface area (Å²) in [6, 6.07) is 0. The molecule has 0 aromatic carbocycles. The van der Waals surface area contributed by atoms with Crippen LogP contribution in [0.25, 0.3) is 0 Å². The Balaban J connectivity index is 2.00.